The average molecular weight is 373 g/mol. The van der Waals surface area contributed by atoms with Gasteiger partial charge in [-0.2, -0.15) is 0 Å². The van der Waals surface area contributed by atoms with Crippen LogP contribution in [0, 0.1) is 0 Å². The molecule has 2 heterocycles. The summed E-state index contributed by atoms with van der Waals surface area (Å²) < 4.78 is 27.4. The molecule has 1 aromatic heterocycles. The first kappa shape index (κ1) is 18.5. The van der Waals surface area contributed by atoms with E-state index in [0.717, 1.165) is 25.2 Å². The lowest BCUT2D eigenvalue weighted by molar-refractivity contribution is 0.344. The molecular formula is C18H23N5O2S. The van der Waals surface area contributed by atoms with Crippen molar-refractivity contribution in [2.75, 3.05) is 31.5 Å². The molecule has 0 bridgehead atoms. The molecule has 138 valence electrons. The molecule has 0 amide bonds. The minimum absolute atomic E-state index is 0.243. The monoisotopic (exact) mass is 373 g/mol. The SMILES string of the molecule is C=Cc1cnc(Nc2ccc(S(=O)(=O)NCCN3CCCC3)cc2)nc1. The van der Waals surface area contributed by atoms with Crippen LogP contribution in [0.3, 0.4) is 0 Å². The summed E-state index contributed by atoms with van der Waals surface area (Å²) in [5, 5.41) is 3.04. The van der Waals surface area contributed by atoms with E-state index < -0.39 is 10.0 Å². The maximum atomic E-state index is 12.4. The molecule has 1 saturated heterocycles. The molecule has 0 spiro atoms. The minimum atomic E-state index is -3.50. The molecule has 2 aromatic rings. The first-order chi connectivity index (χ1) is 12.6. The van der Waals surface area contributed by atoms with Crippen LogP contribution >= 0.6 is 0 Å². The molecule has 26 heavy (non-hydrogen) atoms. The largest absolute Gasteiger partial charge is 0.324 e. The number of benzene rings is 1. The molecule has 0 atom stereocenters. The van der Waals surface area contributed by atoms with E-state index in [1.54, 1.807) is 42.7 Å². The topological polar surface area (TPSA) is 87.2 Å². The first-order valence-corrected chi connectivity index (χ1v) is 10.1. The van der Waals surface area contributed by atoms with Crippen molar-refractivity contribution in [3.05, 3.63) is 48.8 Å². The number of rotatable bonds is 8. The zero-order chi connectivity index (χ0) is 18.4. The normalized spacial score (nSPS) is 15.1. The molecule has 1 fully saturated rings. The summed E-state index contributed by atoms with van der Waals surface area (Å²) >= 11 is 0. The third kappa shape index (κ3) is 4.87. The minimum Gasteiger partial charge on any atom is -0.324 e. The Morgan fingerprint density at radius 2 is 1.77 bits per heavy atom. The molecule has 0 radical (unpaired) electrons. The summed E-state index contributed by atoms with van der Waals surface area (Å²) in [7, 11) is -3.50. The number of likely N-dealkylation sites (tertiary alicyclic amines) is 1. The van der Waals surface area contributed by atoms with Crippen molar-refractivity contribution < 1.29 is 8.42 Å². The fourth-order valence-corrected chi connectivity index (χ4v) is 3.80. The lowest BCUT2D eigenvalue weighted by Gasteiger charge is -2.15. The van der Waals surface area contributed by atoms with E-state index in [1.165, 1.54) is 12.8 Å². The lowest BCUT2D eigenvalue weighted by Crippen LogP contribution is -2.33. The molecule has 1 aliphatic rings. The first-order valence-electron chi connectivity index (χ1n) is 8.60. The number of hydrogen-bond acceptors (Lipinski definition) is 6. The van der Waals surface area contributed by atoms with Gasteiger partial charge in [0, 0.05) is 36.7 Å². The van der Waals surface area contributed by atoms with Gasteiger partial charge in [0.05, 0.1) is 4.90 Å². The Morgan fingerprint density at radius 3 is 2.38 bits per heavy atom. The van der Waals surface area contributed by atoms with E-state index in [4.69, 9.17) is 0 Å². The maximum absolute atomic E-state index is 12.4. The van der Waals surface area contributed by atoms with Gasteiger partial charge in [-0.15, -0.1) is 0 Å². The molecule has 1 aliphatic heterocycles. The van der Waals surface area contributed by atoms with Gasteiger partial charge in [0.25, 0.3) is 0 Å². The van der Waals surface area contributed by atoms with Gasteiger partial charge in [-0.25, -0.2) is 23.1 Å². The number of anilines is 2. The zero-order valence-corrected chi connectivity index (χ0v) is 15.4. The van der Waals surface area contributed by atoms with Crippen LogP contribution in [0.2, 0.25) is 0 Å². The van der Waals surface area contributed by atoms with Gasteiger partial charge in [0.2, 0.25) is 16.0 Å². The van der Waals surface area contributed by atoms with E-state index >= 15 is 0 Å². The van der Waals surface area contributed by atoms with Crippen molar-refractivity contribution in [1.82, 2.24) is 19.6 Å². The molecule has 0 aliphatic carbocycles. The average Bonchev–Trinajstić information content (AvgIpc) is 3.16. The molecule has 2 N–H and O–H groups in total. The highest BCUT2D eigenvalue weighted by atomic mass is 32.2. The predicted molar refractivity (Wildman–Crippen MR) is 103 cm³/mol. The van der Waals surface area contributed by atoms with Crippen LogP contribution in [0.4, 0.5) is 11.6 Å². The van der Waals surface area contributed by atoms with Crippen LogP contribution in [0.1, 0.15) is 18.4 Å². The van der Waals surface area contributed by atoms with Crippen molar-refractivity contribution in [1.29, 1.82) is 0 Å². The fraction of sp³-hybridized carbons (Fsp3) is 0.333. The quantitative estimate of drug-likeness (QED) is 0.738. The highest BCUT2D eigenvalue weighted by molar-refractivity contribution is 7.89. The summed E-state index contributed by atoms with van der Waals surface area (Å²) in [5.41, 5.74) is 1.55. The third-order valence-corrected chi connectivity index (χ3v) is 5.72. The number of hydrogen-bond donors (Lipinski definition) is 2. The molecule has 0 unspecified atom stereocenters. The van der Waals surface area contributed by atoms with E-state index in [-0.39, 0.29) is 4.90 Å². The number of nitrogens with zero attached hydrogens (tertiary/aromatic N) is 3. The predicted octanol–water partition coefficient (Wildman–Crippen LogP) is 2.24. The Bertz CT molecular complexity index is 829. The van der Waals surface area contributed by atoms with Gasteiger partial charge in [-0.1, -0.05) is 12.7 Å². The maximum Gasteiger partial charge on any atom is 0.240 e. The highest BCUT2D eigenvalue weighted by Crippen LogP contribution is 2.17. The van der Waals surface area contributed by atoms with Crippen LogP contribution in [0.15, 0.2) is 48.1 Å². The molecular weight excluding hydrogens is 350 g/mol. The second-order valence-electron chi connectivity index (χ2n) is 6.14. The highest BCUT2D eigenvalue weighted by Gasteiger charge is 2.16. The van der Waals surface area contributed by atoms with Crippen molar-refractivity contribution >= 4 is 27.7 Å². The summed E-state index contributed by atoms with van der Waals surface area (Å²) in [6, 6.07) is 6.52. The van der Waals surface area contributed by atoms with Gasteiger partial charge in [0.1, 0.15) is 0 Å². The van der Waals surface area contributed by atoms with Crippen molar-refractivity contribution in [2.24, 2.45) is 0 Å². The Balaban J connectivity index is 1.57. The van der Waals surface area contributed by atoms with Crippen LogP contribution in [0.25, 0.3) is 6.08 Å². The molecule has 8 heteroatoms. The number of aromatic nitrogens is 2. The van der Waals surface area contributed by atoms with E-state index in [9.17, 15) is 8.42 Å². The standard InChI is InChI=1S/C18H23N5O2S/c1-2-15-13-19-18(20-14-15)22-16-5-7-17(8-6-16)26(24,25)21-9-12-23-10-3-4-11-23/h2,5-8,13-14,21H,1,3-4,9-12H2,(H,19,20,22). The van der Waals surface area contributed by atoms with Crippen LogP contribution in [-0.2, 0) is 10.0 Å². The summed E-state index contributed by atoms with van der Waals surface area (Å²) in [6.45, 7) is 6.93. The molecule has 7 nitrogen and oxygen atoms in total. The number of nitrogens with one attached hydrogen (secondary N) is 2. The van der Waals surface area contributed by atoms with Gasteiger partial charge in [-0.3, -0.25) is 0 Å². The van der Waals surface area contributed by atoms with Gasteiger partial charge >= 0.3 is 0 Å². The lowest BCUT2D eigenvalue weighted by atomic mass is 10.3. The van der Waals surface area contributed by atoms with Gasteiger partial charge < -0.3 is 10.2 Å². The van der Waals surface area contributed by atoms with Crippen molar-refractivity contribution in [2.45, 2.75) is 17.7 Å². The summed E-state index contributed by atoms with van der Waals surface area (Å²) in [5.74, 6) is 0.440. The fourth-order valence-electron chi connectivity index (χ4n) is 2.78. The molecule has 1 aromatic carbocycles. The van der Waals surface area contributed by atoms with Crippen LogP contribution in [-0.4, -0.2) is 49.5 Å². The Hall–Kier alpha value is -2.29. The molecule has 3 rings (SSSR count). The van der Waals surface area contributed by atoms with Gasteiger partial charge in [-0.05, 0) is 50.2 Å². The van der Waals surface area contributed by atoms with Crippen LogP contribution < -0.4 is 10.0 Å². The van der Waals surface area contributed by atoms with Crippen molar-refractivity contribution in [3.63, 3.8) is 0 Å². The Labute approximate surface area is 154 Å². The van der Waals surface area contributed by atoms with E-state index in [1.807, 2.05) is 0 Å². The number of sulfonamides is 1. The van der Waals surface area contributed by atoms with Crippen molar-refractivity contribution in [3.8, 4) is 0 Å². The smallest absolute Gasteiger partial charge is 0.240 e. The molecule has 0 saturated carbocycles. The second-order valence-corrected chi connectivity index (χ2v) is 7.91. The summed E-state index contributed by atoms with van der Waals surface area (Å²) in [4.78, 5) is 10.8. The Morgan fingerprint density at radius 1 is 1.12 bits per heavy atom. The zero-order valence-electron chi connectivity index (χ0n) is 14.6. The third-order valence-electron chi connectivity index (χ3n) is 4.25. The van der Waals surface area contributed by atoms with Gasteiger partial charge in [0.15, 0.2) is 0 Å². The second kappa shape index (κ2) is 8.39. The Kier molecular flexibility index (Phi) is 5.97. The van der Waals surface area contributed by atoms with Crippen LogP contribution in [0.5, 0.6) is 0 Å². The van der Waals surface area contributed by atoms with E-state index in [2.05, 4.69) is 31.5 Å². The van der Waals surface area contributed by atoms with E-state index in [0.29, 0.717) is 18.2 Å². The summed E-state index contributed by atoms with van der Waals surface area (Å²) in [6.07, 6.45) is 7.37.